The second kappa shape index (κ2) is 5.24. The highest BCUT2D eigenvalue weighted by atomic mass is 79.9. The minimum absolute atomic E-state index is 0.510. The van der Waals surface area contributed by atoms with Crippen molar-refractivity contribution < 1.29 is 4.74 Å². The average Bonchev–Trinajstić information content (AvgIpc) is 2.34. The monoisotopic (exact) mass is 301 g/mol. The van der Waals surface area contributed by atoms with Crippen LogP contribution in [-0.2, 0) is 0 Å². The van der Waals surface area contributed by atoms with E-state index in [2.05, 4.69) is 28.9 Å². The van der Waals surface area contributed by atoms with Crippen molar-refractivity contribution in [3.63, 3.8) is 0 Å². The zero-order valence-electron chi connectivity index (χ0n) is 10.2. The summed E-state index contributed by atoms with van der Waals surface area (Å²) in [6, 6.07) is 13.5. The van der Waals surface area contributed by atoms with E-state index in [9.17, 15) is 0 Å². The van der Waals surface area contributed by atoms with Gasteiger partial charge in [-0.2, -0.15) is 5.26 Å². The van der Waals surface area contributed by atoms with Gasteiger partial charge in [-0.25, -0.2) is 0 Å². The summed E-state index contributed by atoms with van der Waals surface area (Å²) in [6.45, 7) is 4.09. The molecule has 0 N–H and O–H groups in total. The molecule has 0 fully saturated rings. The molecule has 0 amide bonds. The molecule has 0 aliphatic carbocycles. The van der Waals surface area contributed by atoms with E-state index in [0.29, 0.717) is 11.3 Å². The quantitative estimate of drug-likeness (QED) is 0.803. The molecule has 3 heteroatoms. The predicted octanol–water partition coefficient (Wildman–Crippen LogP) is 4.73. The molecule has 0 saturated carbocycles. The summed E-state index contributed by atoms with van der Waals surface area (Å²) in [5.74, 6) is 1.31. The number of nitrogens with zero attached hydrogens (tertiary/aromatic N) is 1. The molecule has 2 nitrogen and oxygen atoms in total. The maximum absolute atomic E-state index is 9.12. The van der Waals surface area contributed by atoms with Crippen LogP contribution in [0.1, 0.15) is 16.7 Å². The average molecular weight is 302 g/mol. The Bertz CT molecular complexity index is 629. The molecule has 2 aromatic carbocycles. The third-order valence-electron chi connectivity index (χ3n) is 2.79. The van der Waals surface area contributed by atoms with Gasteiger partial charge in [0.25, 0.3) is 0 Å². The molecule has 0 spiro atoms. The Hall–Kier alpha value is -1.79. The lowest BCUT2D eigenvalue weighted by atomic mass is 10.1. The molecule has 18 heavy (non-hydrogen) atoms. The number of rotatable bonds is 2. The fourth-order valence-corrected chi connectivity index (χ4v) is 2.04. The van der Waals surface area contributed by atoms with Gasteiger partial charge in [-0.15, -0.1) is 0 Å². The van der Waals surface area contributed by atoms with Gasteiger partial charge in [0.15, 0.2) is 0 Å². The minimum Gasteiger partial charge on any atom is -0.456 e. The van der Waals surface area contributed by atoms with Crippen molar-refractivity contribution in [2.45, 2.75) is 13.8 Å². The number of aryl methyl sites for hydroxylation is 2. The molecule has 0 bridgehead atoms. The van der Waals surface area contributed by atoms with Crippen LogP contribution in [0.15, 0.2) is 40.9 Å². The fraction of sp³-hybridized carbons (Fsp3) is 0.133. The smallest absolute Gasteiger partial charge is 0.146 e. The van der Waals surface area contributed by atoms with Crippen molar-refractivity contribution in [3.05, 3.63) is 57.6 Å². The predicted molar refractivity (Wildman–Crippen MR) is 74.8 cm³/mol. The lowest BCUT2D eigenvalue weighted by Gasteiger charge is -2.09. The van der Waals surface area contributed by atoms with Crippen LogP contribution in [0.25, 0.3) is 0 Å². The van der Waals surface area contributed by atoms with Crippen molar-refractivity contribution in [2.24, 2.45) is 0 Å². The fourth-order valence-electron chi connectivity index (χ4n) is 1.60. The zero-order chi connectivity index (χ0) is 13.1. The first-order valence-electron chi connectivity index (χ1n) is 5.55. The van der Waals surface area contributed by atoms with E-state index in [1.807, 2.05) is 37.3 Å². The van der Waals surface area contributed by atoms with Gasteiger partial charge in [-0.1, -0.05) is 12.1 Å². The number of halogens is 1. The van der Waals surface area contributed by atoms with Crippen molar-refractivity contribution in [2.75, 3.05) is 0 Å². The number of ether oxygens (including phenoxy) is 1. The number of benzene rings is 2. The lowest BCUT2D eigenvalue weighted by Crippen LogP contribution is -1.90. The molecule has 2 aromatic rings. The minimum atomic E-state index is 0.510. The van der Waals surface area contributed by atoms with E-state index in [4.69, 9.17) is 10.00 Å². The highest BCUT2D eigenvalue weighted by Crippen LogP contribution is 2.30. The van der Waals surface area contributed by atoms with Gasteiger partial charge in [0.1, 0.15) is 23.1 Å². The van der Waals surface area contributed by atoms with Crippen LogP contribution in [0.2, 0.25) is 0 Å². The van der Waals surface area contributed by atoms with Gasteiger partial charge in [-0.3, -0.25) is 0 Å². The second-order valence-electron chi connectivity index (χ2n) is 4.07. The maximum atomic E-state index is 9.12. The molecule has 0 aliphatic rings. The maximum Gasteiger partial charge on any atom is 0.146 e. The van der Waals surface area contributed by atoms with Crippen LogP contribution in [0.3, 0.4) is 0 Å². The van der Waals surface area contributed by atoms with Gasteiger partial charge in [0.2, 0.25) is 0 Å². The molecule has 90 valence electrons. The number of nitriles is 1. The summed E-state index contributed by atoms with van der Waals surface area (Å²) in [6.07, 6.45) is 0. The Morgan fingerprint density at radius 2 is 1.89 bits per heavy atom. The Labute approximate surface area is 115 Å². The third kappa shape index (κ3) is 2.55. The summed E-state index contributed by atoms with van der Waals surface area (Å²) >= 11 is 3.34. The van der Waals surface area contributed by atoms with Crippen molar-refractivity contribution in [1.82, 2.24) is 0 Å². The van der Waals surface area contributed by atoms with Gasteiger partial charge in [0, 0.05) is 4.47 Å². The largest absolute Gasteiger partial charge is 0.456 e. The van der Waals surface area contributed by atoms with Crippen LogP contribution >= 0.6 is 15.9 Å². The van der Waals surface area contributed by atoms with E-state index in [1.54, 1.807) is 6.07 Å². The van der Waals surface area contributed by atoms with E-state index in [-0.39, 0.29) is 0 Å². The Morgan fingerprint density at radius 3 is 2.56 bits per heavy atom. The molecule has 0 aromatic heterocycles. The first-order valence-corrected chi connectivity index (χ1v) is 6.35. The van der Waals surface area contributed by atoms with Gasteiger partial charge in [0.05, 0.1) is 0 Å². The Morgan fingerprint density at radius 1 is 1.11 bits per heavy atom. The van der Waals surface area contributed by atoms with Gasteiger partial charge < -0.3 is 4.74 Å². The standard InChI is InChI=1S/C15H12BrNO/c1-10-6-7-12(8-11(10)2)18-15-5-3-4-14(16)13(15)9-17/h3-8H,1-2H3. The third-order valence-corrected chi connectivity index (χ3v) is 3.45. The normalized spacial score (nSPS) is 9.89. The van der Waals surface area contributed by atoms with E-state index in [0.717, 1.165) is 10.2 Å². The van der Waals surface area contributed by atoms with E-state index >= 15 is 0 Å². The van der Waals surface area contributed by atoms with Gasteiger partial charge in [-0.05, 0) is 65.2 Å². The first-order chi connectivity index (χ1) is 8.61. The van der Waals surface area contributed by atoms with E-state index < -0.39 is 0 Å². The number of hydrogen-bond acceptors (Lipinski definition) is 2. The summed E-state index contributed by atoms with van der Waals surface area (Å²) in [5.41, 5.74) is 2.90. The molecule has 2 rings (SSSR count). The summed E-state index contributed by atoms with van der Waals surface area (Å²) in [7, 11) is 0. The number of hydrogen-bond donors (Lipinski definition) is 0. The Kier molecular flexibility index (Phi) is 3.69. The molecule has 0 unspecified atom stereocenters. The molecular formula is C15H12BrNO. The van der Waals surface area contributed by atoms with Crippen LogP contribution in [-0.4, -0.2) is 0 Å². The topological polar surface area (TPSA) is 33.0 Å². The molecule has 0 atom stereocenters. The van der Waals surface area contributed by atoms with Crippen LogP contribution in [0, 0.1) is 25.2 Å². The summed E-state index contributed by atoms with van der Waals surface area (Å²) < 4.78 is 6.51. The van der Waals surface area contributed by atoms with Crippen LogP contribution in [0.5, 0.6) is 11.5 Å². The van der Waals surface area contributed by atoms with Crippen molar-refractivity contribution >= 4 is 15.9 Å². The molecule has 0 heterocycles. The van der Waals surface area contributed by atoms with Crippen LogP contribution in [0.4, 0.5) is 0 Å². The molecule has 0 radical (unpaired) electrons. The lowest BCUT2D eigenvalue weighted by molar-refractivity contribution is 0.480. The van der Waals surface area contributed by atoms with E-state index in [1.165, 1.54) is 11.1 Å². The molecular weight excluding hydrogens is 290 g/mol. The van der Waals surface area contributed by atoms with Crippen molar-refractivity contribution in [1.29, 1.82) is 5.26 Å². The molecule has 0 aliphatic heterocycles. The highest BCUT2D eigenvalue weighted by molar-refractivity contribution is 9.10. The second-order valence-corrected chi connectivity index (χ2v) is 4.93. The SMILES string of the molecule is Cc1ccc(Oc2cccc(Br)c2C#N)cc1C. The highest BCUT2D eigenvalue weighted by Gasteiger charge is 2.08. The first kappa shape index (κ1) is 12.7. The molecule has 0 saturated heterocycles. The van der Waals surface area contributed by atoms with Gasteiger partial charge >= 0.3 is 0 Å². The Balaban J connectivity index is 2.37. The van der Waals surface area contributed by atoms with Crippen LogP contribution < -0.4 is 4.74 Å². The van der Waals surface area contributed by atoms with Crippen molar-refractivity contribution in [3.8, 4) is 17.6 Å². The summed E-state index contributed by atoms with van der Waals surface area (Å²) in [5, 5.41) is 9.12. The summed E-state index contributed by atoms with van der Waals surface area (Å²) in [4.78, 5) is 0. The zero-order valence-corrected chi connectivity index (χ0v) is 11.8.